The first kappa shape index (κ1) is 14.6. The minimum atomic E-state index is -0.0113. The van der Waals surface area contributed by atoms with Gasteiger partial charge in [-0.3, -0.25) is 9.36 Å². The van der Waals surface area contributed by atoms with Gasteiger partial charge in [-0.25, -0.2) is 4.98 Å². The number of aromatic nitrogens is 2. The number of allylic oxidation sites excluding steroid dienone is 1. The van der Waals surface area contributed by atoms with E-state index in [2.05, 4.69) is 18.1 Å². The summed E-state index contributed by atoms with van der Waals surface area (Å²) in [7, 11) is 0. The quantitative estimate of drug-likeness (QED) is 0.478. The van der Waals surface area contributed by atoms with Crippen molar-refractivity contribution in [3.8, 4) is 0 Å². The number of benzene rings is 1. The molecule has 2 rings (SSSR count). The van der Waals surface area contributed by atoms with Crippen LogP contribution >= 0.6 is 11.8 Å². The van der Waals surface area contributed by atoms with E-state index in [1.54, 1.807) is 4.57 Å². The molecule has 0 spiro atoms. The fourth-order valence-electron chi connectivity index (χ4n) is 1.85. The lowest BCUT2D eigenvalue weighted by Crippen LogP contribution is -2.23. The predicted octanol–water partition coefficient (Wildman–Crippen LogP) is 3.64. The Kier molecular flexibility index (Phi) is 4.45. The van der Waals surface area contributed by atoms with Gasteiger partial charge in [-0.15, -0.1) is 0 Å². The van der Waals surface area contributed by atoms with E-state index in [0.29, 0.717) is 11.9 Å². The van der Waals surface area contributed by atoms with Crippen molar-refractivity contribution in [3.63, 3.8) is 0 Å². The number of fused-ring (bicyclic) bond motifs is 1. The predicted molar refractivity (Wildman–Crippen MR) is 86.4 cm³/mol. The summed E-state index contributed by atoms with van der Waals surface area (Å²) in [6, 6.07) is 7.43. The molecule has 0 aliphatic carbocycles. The third-order valence-electron chi connectivity index (χ3n) is 2.70. The highest BCUT2D eigenvalue weighted by molar-refractivity contribution is 7.99. The molecule has 0 radical (unpaired) electrons. The van der Waals surface area contributed by atoms with Crippen LogP contribution in [0.15, 0.2) is 58.5 Å². The van der Waals surface area contributed by atoms with Crippen LogP contribution in [0.1, 0.15) is 13.8 Å². The Morgan fingerprint density at radius 1 is 1.25 bits per heavy atom. The standard InChI is InChI=1S/C16H18N2OS/c1-11(2)9-18-15(19)13-7-5-6-8-14(13)17-16(18)20-10-12(3)4/h5-8H,1,3,9-10H2,2,4H3. The molecule has 20 heavy (non-hydrogen) atoms. The number of hydrogen-bond acceptors (Lipinski definition) is 3. The second-order valence-corrected chi connectivity index (χ2v) is 5.95. The summed E-state index contributed by atoms with van der Waals surface area (Å²) >= 11 is 1.54. The highest BCUT2D eigenvalue weighted by Crippen LogP contribution is 2.20. The lowest BCUT2D eigenvalue weighted by atomic mass is 10.2. The molecule has 0 N–H and O–H groups in total. The van der Waals surface area contributed by atoms with E-state index in [-0.39, 0.29) is 5.56 Å². The summed E-state index contributed by atoms with van der Waals surface area (Å²) in [5.41, 5.74) is 2.71. The van der Waals surface area contributed by atoms with Crippen LogP contribution in [0.25, 0.3) is 10.9 Å². The van der Waals surface area contributed by atoms with Gasteiger partial charge in [0.15, 0.2) is 5.16 Å². The Labute approximate surface area is 123 Å². The molecule has 0 bridgehead atoms. The van der Waals surface area contributed by atoms with E-state index >= 15 is 0 Å². The van der Waals surface area contributed by atoms with Gasteiger partial charge in [0.05, 0.1) is 10.9 Å². The van der Waals surface area contributed by atoms with Crippen molar-refractivity contribution in [2.24, 2.45) is 0 Å². The molecular weight excluding hydrogens is 268 g/mol. The molecule has 0 unspecified atom stereocenters. The molecule has 104 valence electrons. The summed E-state index contributed by atoms with van der Waals surface area (Å²) in [6.45, 7) is 12.2. The lowest BCUT2D eigenvalue weighted by Gasteiger charge is -2.13. The molecule has 0 aliphatic heterocycles. The van der Waals surface area contributed by atoms with E-state index in [1.165, 1.54) is 11.8 Å². The van der Waals surface area contributed by atoms with Gasteiger partial charge in [0, 0.05) is 12.3 Å². The zero-order valence-corrected chi connectivity index (χ0v) is 12.7. The van der Waals surface area contributed by atoms with Gasteiger partial charge in [0.1, 0.15) is 0 Å². The van der Waals surface area contributed by atoms with Crippen molar-refractivity contribution in [2.45, 2.75) is 25.5 Å². The fourth-order valence-corrected chi connectivity index (χ4v) is 2.70. The molecule has 3 nitrogen and oxygen atoms in total. The number of para-hydroxylation sites is 1. The molecule has 0 amide bonds. The molecular formula is C16H18N2OS. The maximum atomic E-state index is 12.6. The van der Waals surface area contributed by atoms with E-state index in [1.807, 2.05) is 38.1 Å². The number of thioether (sulfide) groups is 1. The van der Waals surface area contributed by atoms with Crippen LogP contribution < -0.4 is 5.56 Å². The molecule has 1 aromatic heterocycles. The summed E-state index contributed by atoms with van der Waals surface area (Å²) in [6.07, 6.45) is 0. The monoisotopic (exact) mass is 286 g/mol. The van der Waals surface area contributed by atoms with Crippen molar-refractivity contribution < 1.29 is 0 Å². The number of rotatable bonds is 5. The molecule has 0 aliphatic rings. The summed E-state index contributed by atoms with van der Waals surface area (Å²) in [4.78, 5) is 17.2. The maximum absolute atomic E-state index is 12.6. The largest absolute Gasteiger partial charge is 0.283 e. The van der Waals surface area contributed by atoms with Gasteiger partial charge in [0.2, 0.25) is 0 Å². The average Bonchev–Trinajstić information content (AvgIpc) is 2.39. The molecule has 0 fully saturated rings. The van der Waals surface area contributed by atoms with Gasteiger partial charge < -0.3 is 0 Å². The first-order valence-electron chi connectivity index (χ1n) is 6.40. The summed E-state index contributed by atoms with van der Waals surface area (Å²) in [5, 5.41) is 1.37. The highest BCUT2D eigenvalue weighted by Gasteiger charge is 2.11. The van der Waals surface area contributed by atoms with Crippen LogP contribution in [0.4, 0.5) is 0 Å². The van der Waals surface area contributed by atoms with Crippen LogP contribution in [0.2, 0.25) is 0 Å². The Morgan fingerprint density at radius 2 is 1.95 bits per heavy atom. The van der Waals surface area contributed by atoms with Gasteiger partial charge in [-0.05, 0) is 26.0 Å². The van der Waals surface area contributed by atoms with Crippen molar-refractivity contribution in [2.75, 3.05) is 5.75 Å². The van der Waals surface area contributed by atoms with Crippen molar-refractivity contribution >= 4 is 22.7 Å². The van der Waals surface area contributed by atoms with Crippen LogP contribution in [-0.2, 0) is 6.54 Å². The lowest BCUT2D eigenvalue weighted by molar-refractivity contribution is 0.651. The molecule has 0 atom stereocenters. The minimum absolute atomic E-state index is 0.0113. The number of nitrogens with zero attached hydrogens (tertiary/aromatic N) is 2. The molecule has 1 heterocycles. The van der Waals surface area contributed by atoms with E-state index in [4.69, 9.17) is 0 Å². The Hall–Kier alpha value is -1.81. The van der Waals surface area contributed by atoms with Crippen molar-refractivity contribution in [1.29, 1.82) is 0 Å². The maximum Gasteiger partial charge on any atom is 0.262 e. The van der Waals surface area contributed by atoms with E-state index < -0.39 is 0 Å². The molecule has 0 saturated heterocycles. The minimum Gasteiger partial charge on any atom is -0.283 e. The third-order valence-corrected chi connectivity index (χ3v) is 3.91. The molecule has 2 aromatic rings. The van der Waals surface area contributed by atoms with Crippen LogP contribution in [0.5, 0.6) is 0 Å². The normalized spacial score (nSPS) is 10.7. The van der Waals surface area contributed by atoms with Gasteiger partial charge in [-0.1, -0.05) is 48.2 Å². The third kappa shape index (κ3) is 3.20. The molecule has 4 heteroatoms. The highest BCUT2D eigenvalue weighted by atomic mass is 32.2. The van der Waals surface area contributed by atoms with Crippen LogP contribution in [0.3, 0.4) is 0 Å². The van der Waals surface area contributed by atoms with Gasteiger partial charge in [-0.2, -0.15) is 0 Å². The van der Waals surface area contributed by atoms with E-state index in [0.717, 1.165) is 27.6 Å². The zero-order chi connectivity index (χ0) is 14.7. The fraction of sp³-hybridized carbons (Fsp3) is 0.250. The second kappa shape index (κ2) is 6.09. The second-order valence-electron chi connectivity index (χ2n) is 5.01. The Balaban J connectivity index is 2.59. The SMILES string of the molecule is C=C(C)CSc1nc2ccccc2c(=O)n1CC(=C)C. The van der Waals surface area contributed by atoms with Crippen LogP contribution in [0, 0.1) is 0 Å². The van der Waals surface area contributed by atoms with Gasteiger partial charge in [0.25, 0.3) is 5.56 Å². The molecule has 1 aromatic carbocycles. The Bertz CT molecular complexity index is 731. The average molecular weight is 286 g/mol. The first-order valence-corrected chi connectivity index (χ1v) is 7.38. The zero-order valence-electron chi connectivity index (χ0n) is 11.8. The van der Waals surface area contributed by atoms with Crippen LogP contribution in [-0.4, -0.2) is 15.3 Å². The van der Waals surface area contributed by atoms with Crippen molar-refractivity contribution in [1.82, 2.24) is 9.55 Å². The Morgan fingerprint density at radius 3 is 2.60 bits per heavy atom. The summed E-state index contributed by atoms with van der Waals surface area (Å²) < 4.78 is 1.69. The first-order chi connectivity index (χ1) is 9.49. The summed E-state index contributed by atoms with van der Waals surface area (Å²) in [5.74, 6) is 0.751. The topological polar surface area (TPSA) is 34.9 Å². The molecule has 0 saturated carbocycles. The van der Waals surface area contributed by atoms with Gasteiger partial charge >= 0.3 is 0 Å². The van der Waals surface area contributed by atoms with E-state index in [9.17, 15) is 4.79 Å². The smallest absolute Gasteiger partial charge is 0.262 e. The van der Waals surface area contributed by atoms with Crippen molar-refractivity contribution in [3.05, 3.63) is 58.9 Å². The number of hydrogen-bond donors (Lipinski definition) is 0.